The summed E-state index contributed by atoms with van der Waals surface area (Å²) in [5, 5.41) is 1.02. The van der Waals surface area contributed by atoms with Gasteiger partial charge in [-0.1, -0.05) is 54.3 Å². The first kappa shape index (κ1) is 18.7. The number of benzene rings is 2. The van der Waals surface area contributed by atoms with Crippen molar-refractivity contribution in [2.45, 2.75) is 6.42 Å². The van der Waals surface area contributed by atoms with Gasteiger partial charge in [-0.25, -0.2) is 0 Å². The summed E-state index contributed by atoms with van der Waals surface area (Å²) in [6.07, 6.45) is 4.41. The Hall–Kier alpha value is -2.70. The van der Waals surface area contributed by atoms with Crippen molar-refractivity contribution >= 4 is 51.2 Å². The molecule has 4 nitrogen and oxygen atoms in total. The average Bonchev–Trinajstić information content (AvgIpc) is 3.00. The first-order chi connectivity index (χ1) is 13.7. The highest BCUT2D eigenvalue weighted by Crippen LogP contribution is 2.33. The van der Waals surface area contributed by atoms with Crippen molar-refractivity contribution in [1.29, 1.82) is 0 Å². The number of ether oxygens (including phenoxy) is 1. The molecular weight excluding hydrogens is 388 g/mol. The van der Waals surface area contributed by atoms with Crippen LogP contribution in [0.4, 0.5) is 0 Å². The minimum Gasteiger partial charge on any atom is -0.497 e. The third-order valence-corrected chi connectivity index (χ3v) is 6.00. The van der Waals surface area contributed by atoms with E-state index in [4.69, 9.17) is 17.0 Å². The predicted molar refractivity (Wildman–Crippen MR) is 118 cm³/mol. The lowest BCUT2D eigenvalue weighted by Gasteiger charge is -2.14. The first-order valence-electron chi connectivity index (χ1n) is 8.88. The summed E-state index contributed by atoms with van der Waals surface area (Å²) < 4.78 is 5.78. The van der Waals surface area contributed by atoms with Crippen molar-refractivity contribution in [1.82, 2.24) is 9.88 Å². The number of thioether (sulfide) groups is 1. The fourth-order valence-electron chi connectivity index (χ4n) is 3.11. The summed E-state index contributed by atoms with van der Waals surface area (Å²) in [5.41, 5.74) is 3.02. The minimum absolute atomic E-state index is 0.0376. The number of carbonyl (C=O) groups excluding carboxylic acids is 1. The van der Waals surface area contributed by atoms with E-state index < -0.39 is 0 Å². The number of nitrogens with zero attached hydrogens (tertiary/aromatic N) is 2. The van der Waals surface area contributed by atoms with Crippen molar-refractivity contribution in [2.75, 3.05) is 13.7 Å². The highest BCUT2D eigenvalue weighted by atomic mass is 32.2. The molecule has 0 bridgehead atoms. The van der Waals surface area contributed by atoms with E-state index in [1.165, 1.54) is 11.8 Å². The maximum absolute atomic E-state index is 12.9. The van der Waals surface area contributed by atoms with Gasteiger partial charge in [0, 0.05) is 18.1 Å². The van der Waals surface area contributed by atoms with Crippen LogP contribution in [-0.2, 0) is 11.2 Å². The molecule has 0 atom stereocenters. The normalized spacial score (nSPS) is 15.6. The highest BCUT2D eigenvalue weighted by molar-refractivity contribution is 8.26. The number of rotatable bonds is 5. The van der Waals surface area contributed by atoms with E-state index in [-0.39, 0.29) is 5.91 Å². The van der Waals surface area contributed by atoms with Crippen molar-refractivity contribution in [3.63, 3.8) is 0 Å². The van der Waals surface area contributed by atoms with Crippen LogP contribution >= 0.6 is 24.0 Å². The van der Waals surface area contributed by atoms with Gasteiger partial charge in [-0.2, -0.15) is 0 Å². The van der Waals surface area contributed by atoms with Gasteiger partial charge in [-0.3, -0.25) is 14.7 Å². The molecule has 0 spiro atoms. The Bertz CT molecular complexity index is 1070. The van der Waals surface area contributed by atoms with Gasteiger partial charge in [0.05, 0.1) is 17.5 Å². The smallest absolute Gasteiger partial charge is 0.266 e. The average molecular weight is 407 g/mol. The van der Waals surface area contributed by atoms with Gasteiger partial charge < -0.3 is 4.74 Å². The van der Waals surface area contributed by atoms with E-state index in [0.717, 1.165) is 34.2 Å². The molecule has 2 aromatic carbocycles. The van der Waals surface area contributed by atoms with Gasteiger partial charge in [0.15, 0.2) is 0 Å². The standard InChI is InChI=1S/C22H18N2O2S2/c1-26-17-8-6-15(7-9-17)11-13-24-21(25)20(28-22(24)27)14-16-10-12-23-19-5-3-2-4-18(16)19/h2-10,12,14H,11,13H2,1H3/b20-14-. The second kappa shape index (κ2) is 8.12. The molecule has 0 aliphatic carbocycles. The van der Waals surface area contributed by atoms with Gasteiger partial charge in [0.25, 0.3) is 5.91 Å². The van der Waals surface area contributed by atoms with E-state index in [1.54, 1.807) is 18.2 Å². The maximum Gasteiger partial charge on any atom is 0.266 e. The SMILES string of the molecule is COc1ccc(CCN2C(=O)/C(=C/c3ccnc4ccccc34)SC2=S)cc1. The lowest BCUT2D eigenvalue weighted by atomic mass is 10.1. The second-order valence-corrected chi connectivity index (χ2v) is 8.02. The van der Waals surface area contributed by atoms with Crippen LogP contribution in [0.3, 0.4) is 0 Å². The van der Waals surface area contributed by atoms with Crippen LogP contribution in [0.15, 0.2) is 65.7 Å². The zero-order valence-electron chi connectivity index (χ0n) is 15.3. The fourth-order valence-corrected chi connectivity index (χ4v) is 4.41. The molecule has 0 N–H and O–H groups in total. The summed E-state index contributed by atoms with van der Waals surface area (Å²) >= 11 is 6.81. The van der Waals surface area contributed by atoms with Gasteiger partial charge in [0.2, 0.25) is 0 Å². The van der Waals surface area contributed by atoms with Crippen molar-refractivity contribution in [2.24, 2.45) is 0 Å². The second-order valence-electron chi connectivity index (χ2n) is 6.35. The van der Waals surface area contributed by atoms with E-state index >= 15 is 0 Å². The monoisotopic (exact) mass is 406 g/mol. The van der Waals surface area contributed by atoms with Crippen LogP contribution in [0.5, 0.6) is 5.75 Å². The molecule has 1 aliphatic rings. The quantitative estimate of drug-likeness (QED) is 0.454. The highest BCUT2D eigenvalue weighted by Gasteiger charge is 2.31. The van der Waals surface area contributed by atoms with Crippen molar-refractivity contribution < 1.29 is 9.53 Å². The summed E-state index contributed by atoms with van der Waals surface area (Å²) in [5.74, 6) is 0.784. The number of para-hydroxylation sites is 1. The number of thiocarbonyl (C=S) groups is 1. The zero-order valence-corrected chi connectivity index (χ0v) is 16.9. The number of fused-ring (bicyclic) bond motifs is 1. The van der Waals surface area contributed by atoms with Crippen LogP contribution < -0.4 is 4.74 Å². The van der Waals surface area contributed by atoms with Crippen molar-refractivity contribution in [3.8, 4) is 5.75 Å². The molecular formula is C22H18N2O2S2. The maximum atomic E-state index is 12.9. The number of carbonyl (C=O) groups is 1. The Kier molecular flexibility index (Phi) is 5.41. The van der Waals surface area contributed by atoms with E-state index in [1.807, 2.05) is 60.7 Å². The van der Waals surface area contributed by atoms with Crippen LogP contribution in [0.1, 0.15) is 11.1 Å². The van der Waals surface area contributed by atoms with Gasteiger partial charge >= 0.3 is 0 Å². The largest absolute Gasteiger partial charge is 0.497 e. The van der Waals surface area contributed by atoms with Crippen molar-refractivity contribution in [3.05, 3.63) is 76.8 Å². The number of methoxy groups -OCH3 is 1. The zero-order chi connectivity index (χ0) is 19.5. The molecule has 0 radical (unpaired) electrons. The summed E-state index contributed by atoms with van der Waals surface area (Å²) in [4.78, 5) is 19.6. The van der Waals surface area contributed by atoms with Crippen LogP contribution in [0.2, 0.25) is 0 Å². The molecule has 4 rings (SSSR count). The molecule has 0 saturated carbocycles. The third kappa shape index (κ3) is 3.79. The number of hydrogen-bond donors (Lipinski definition) is 0. The van der Waals surface area contributed by atoms with Gasteiger partial charge in [0.1, 0.15) is 10.1 Å². The molecule has 3 aromatic rings. The molecule has 1 amide bonds. The molecule has 1 aromatic heterocycles. The van der Waals surface area contributed by atoms with Crippen LogP contribution in [-0.4, -0.2) is 33.8 Å². The molecule has 140 valence electrons. The number of pyridine rings is 1. The van der Waals surface area contributed by atoms with Gasteiger partial charge in [-0.05, 0) is 47.9 Å². The Morgan fingerprint density at radius 1 is 1.14 bits per heavy atom. The lowest BCUT2D eigenvalue weighted by Crippen LogP contribution is -2.30. The molecule has 0 unspecified atom stereocenters. The Labute approximate surface area is 173 Å². The predicted octanol–water partition coefficient (Wildman–Crippen LogP) is 4.69. The van der Waals surface area contributed by atoms with E-state index in [9.17, 15) is 4.79 Å². The summed E-state index contributed by atoms with van der Waals surface area (Å²) in [6, 6.07) is 17.7. The number of hydrogen-bond acceptors (Lipinski definition) is 5. The fraction of sp³-hybridized carbons (Fsp3) is 0.136. The Morgan fingerprint density at radius 2 is 1.93 bits per heavy atom. The molecule has 6 heteroatoms. The van der Waals surface area contributed by atoms with Crippen LogP contribution in [0.25, 0.3) is 17.0 Å². The summed E-state index contributed by atoms with van der Waals surface area (Å²) in [6.45, 7) is 0.561. The summed E-state index contributed by atoms with van der Waals surface area (Å²) in [7, 11) is 1.65. The van der Waals surface area contributed by atoms with E-state index in [0.29, 0.717) is 15.8 Å². The molecule has 1 saturated heterocycles. The Balaban J connectivity index is 1.52. The number of amides is 1. The molecule has 2 heterocycles. The first-order valence-corrected chi connectivity index (χ1v) is 10.1. The Morgan fingerprint density at radius 3 is 2.71 bits per heavy atom. The van der Waals surface area contributed by atoms with Crippen LogP contribution in [0, 0.1) is 0 Å². The molecule has 1 aliphatic heterocycles. The third-order valence-electron chi connectivity index (χ3n) is 4.63. The molecule has 1 fully saturated rings. The van der Waals surface area contributed by atoms with Gasteiger partial charge in [-0.15, -0.1) is 0 Å². The molecule has 28 heavy (non-hydrogen) atoms. The van der Waals surface area contributed by atoms with E-state index in [2.05, 4.69) is 4.98 Å². The number of aromatic nitrogens is 1. The topological polar surface area (TPSA) is 42.4 Å². The lowest BCUT2D eigenvalue weighted by molar-refractivity contribution is -0.122. The minimum atomic E-state index is -0.0376.